The highest BCUT2D eigenvalue weighted by Crippen LogP contribution is 2.40. The lowest BCUT2D eigenvalue weighted by atomic mass is 9.69. The number of carbonyl (C=O) groups excluding carboxylic acids is 1. The summed E-state index contributed by atoms with van der Waals surface area (Å²) in [7, 11) is 0. The molecule has 1 aromatic carbocycles. The second kappa shape index (κ2) is 7.84. The number of aryl methyl sites for hydroxylation is 1. The number of hydrazone groups is 1. The van der Waals surface area contributed by atoms with Crippen molar-refractivity contribution in [2.75, 3.05) is 0 Å². The molecule has 1 amide bonds. The number of rotatable bonds is 5. The number of nitrogens with one attached hydrogen (secondary N) is 2. The SMILES string of the molecule is CCC(C)(C)[C@@H]1CCc2[nH]nc(C(=O)N/N=C\c3cc(Br)ccc3O)c2C1. The normalized spacial score (nSPS) is 17.1. The predicted molar refractivity (Wildman–Crippen MR) is 109 cm³/mol. The summed E-state index contributed by atoms with van der Waals surface area (Å²) < 4.78 is 0.819. The van der Waals surface area contributed by atoms with Crippen LogP contribution in [0.15, 0.2) is 27.8 Å². The van der Waals surface area contributed by atoms with Crippen molar-refractivity contribution >= 4 is 28.1 Å². The number of phenolic OH excluding ortho intramolecular Hbond substituents is 1. The molecule has 1 aromatic heterocycles. The van der Waals surface area contributed by atoms with E-state index in [-0.39, 0.29) is 17.1 Å². The molecule has 0 aliphatic heterocycles. The number of aromatic nitrogens is 2. The number of H-pyrrole nitrogens is 1. The van der Waals surface area contributed by atoms with E-state index in [4.69, 9.17) is 0 Å². The molecule has 2 aromatic rings. The van der Waals surface area contributed by atoms with E-state index in [0.29, 0.717) is 17.2 Å². The lowest BCUT2D eigenvalue weighted by Crippen LogP contribution is -2.30. The first-order valence-corrected chi connectivity index (χ1v) is 9.99. The Bertz CT molecular complexity index is 873. The number of amides is 1. The highest BCUT2D eigenvalue weighted by Gasteiger charge is 2.34. The van der Waals surface area contributed by atoms with Crippen molar-refractivity contribution in [1.29, 1.82) is 0 Å². The number of aromatic hydroxyl groups is 1. The first-order chi connectivity index (χ1) is 12.8. The van der Waals surface area contributed by atoms with Crippen molar-refractivity contribution in [3.63, 3.8) is 0 Å². The van der Waals surface area contributed by atoms with Crippen molar-refractivity contribution < 1.29 is 9.90 Å². The minimum atomic E-state index is -0.340. The summed E-state index contributed by atoms with van der Waals surface area (Å²) in [6, 6.07) is 5.02. The molecular formula is C20H25BrN4O2. The van der Waals surface area contributed by atoms with E-state index in [9.17, 15) is 9.90 Å². The third kappa shape index (κ3) is 4.24. The zero-order chi connectivity index (χ0) is 19.6. The fraction of sp³-hybridized carbons (Fsp3) is 0.450. The van der Waals surface area contributed by atoms with E-state index in [0.717, 1.165) is 41.4 Å². The van der Waals surface area contributed by atoms with Gasteiger partial charge < -0.3 is 5.11 Å². The van der Waals surface area contributed by atoms with Crippen LogP contribution in [0.25, 0.3) is 0 Å². The Morgan fingerprint density at radius 2 is 2.30 bits per heavy atom. The molecular weight excluding hydrogens is 408 g/mol. The van der Waals surface area contributed by atoms with E-state index in [2.05, 4.69) is 57.4 Å². The van der Waals surface area contributed by atoms with Crippen LogP contribution < -0.4 is 5.43 Å². The van der Waals surface area contributed by atoms with Gasteiger partial charge in [0.05, 0.1) is 6.21 Å². The maximum Gasteiger partial charge on any atom is 0.292 e. The van der Waals surface area contributed by atoms with Gasteiger partial charge in [0.25, 0.3) is 5.91 Å². The van der Waals surface area contributed by atoms with Gasteiger partial charge in [-0.2, -0.15) is 10.2 Å². The number of aromatic amines is 1. The monoisotopic (exact) mass is 432 g/mol. The Morgan fingerprint density at radius 1 is 1.52 bits per heavy atom. The van der Waals surface area contributed by atoms with Crippen molar-refractivity contribution in [1.82, 2.24) is 15.6 Å². The van der Waals surface area contributed by atoms with Gasteiger partial charge in [0.15, 0.2) is 5.69 Å². The van der Waals surface area contributed by atoms with E-state index in [1.165, 1.54) is 6.21 Å². The number of phenols is 1. The second-order valence-corrected chi connectivity index (χ2v) is 8.63. The number of nitrogens with zero attached hydrogens (tertiary/aromatic N) is 2. The van der Waals surface area contributed by atoms with E-state index in [1.807, 2.05) is 0 Å². The van der Waals surface area contributed by atoms with Gasteiger partial charge in [-0.25, -0.2) is 5.43 Å². The largest absolute Gasteiger partial charge is 0.507 e. The van der Waals surface area contributed by atoms with Gasteiger partial charge in [-0.05, 0) is 48.8 Å². The summed E-state index contributed by atoms with van der Waals surface area (Å²) in [6.07, 6.45) is 5.40. The van der Waals surface area contributed by atoms with Crippen LogP contribution in [0.5, 0.6) is 5.75 Å². The van der Waals surface area contributed by atoms with Crippen LogP contribution in [0, 0.1) is 11.3 Å². The average molecular weight is 433 g/mol. The first-order valence-electron chi connectivity index (χ1n) is 9.20. The van der Waals surface area contributed by atoms with Crippen LogP contribution >= 0.6 is 15.9 Å². The third-order valence-corrected chi connectivity index (χ3v) is 6.23. The van der Waals surface area contributed by atoms with Crippen LogP contribution in [-0.2, 0) is 12.8 Å². The maximum absolute atomic E-state index is 12.6. The van der Waals surface area contributed by atoms with Crippen LogP contribution in [0.2, 0.25) is 0 Å². The molecule has 3 N–H and O–H groups in total. The molecule has 144 valence electrons. The number of hydrogen-bond acceptors (Lipinski definition) is 4. The fourth-order valence-electron chi connectivity index (χ4n) is 3.48. The molecule has 0 saturated carbocycles. The molecule has 7 heteroatoms. The first kappa shape index (κ1) is 19.6. The summed E-state index contributed by atoms with van der Waals surface area (Å²) in [4.78, 5) is 12.6. The molecule has 0 radical (unpaired) electrons. The standard InChI is InChI=1S/C20H25BrN4O2/c1-4-20(2,3)13-5-7-16-15(10-13)18(24-23-16)19(27)25-22-11-12-9-14(21)6-8-17(12)26/h6,8-9,11,13,26H,4-5,7,10H2,1-3H3,(H,23,24)(H,25,27)/b22-11-/t13-/m1/s1. The average Bonchev–Trinajstić information content (AvgIpc) is 3.07. The van der Waals surface area contributed by atoms with Crippen LogP contribution in [0.1, 0.15) is 60.9 Å². The molecule has 0 spiro atoms. The third-order valence-electron chi connectivity index (χ3n) is 5.74. The summed E-state index contributed by atoms with van der Waals surface area (Å²) in [6.45, 7) is 6.79. The number of fused-ring (bicyclic) bond motifs is 1. The molecule has 0 saturated heterocycles. The Kier molecular flexibility index (Phi) is 5.69. The summed E-state index contributed by atoms with van der Waals surface area (Å²) >= 11 is 3.34. The molecule has 27 heavy (non-hydrogen) atoms. The minimum Gasteiger partial charge on any atom is -0.507 e. The molecule has 1 aliphatic carbocycles. The van der Waals surface area contributed by atoms with Gasteiger partial charge >= 0.3 is 0 Å². The predicted octanol–water partition coefficient (Wildman–Crippen LogP) is 4.18. The van der Waals surface area contributed by atoms with Crippen LogP contribution in [0.4, 0.5) is 0 Å². The van der Waals surface area contributed by atoms with Gasteiger partial charge in [0.1, 0.15) is 5.75 Å². The minimum absolute atomic E-state index is 0.0954. The maximum atomic E-state index is 12.6. The second-order valence-electron chi connectivity index (χ2n) is 7.71. The van der Waals surface area contributed by atoms with Crippen molar-refractivity contribution in [3.05, 3.63) is 45.2 Å². The van der Waals surface area contributed by atoms with E-state index < -0.39 is 0 Å². The molecule has 3 rings (SSSR count). The topological polar surface area (TPSA) is 90.4 Å². The number of carbonyl (C=O) groups is 1. The Morgan fingerprint density at radius 3 is 3.04 bits per heavy atom. The number of halogens is 1. The fourth-order valence-corrected chi connectivity index (χ4v) is 3.86. The smallest absolute Gasteiger partial charge is 0.292 e. The van der Waals surface area contributed by atoms with Crippen LogP contribution in [0.3, 0.4) is 0 Å². The molecule has 1 heterocycles. The van der Waals surface area contributed by atoms with Gasteiger partial charge in [-0.15, -0.1) is 0 Å². The molecule has 6 nitrogen and oxygen atoms in total. The summed E-state index contributed by atoms with van der Waals surface area (Å²) in [5.41, 5.74) is 5.74. The number of benzene rings is 1. The summed E-state index contributed by atoms with van der Waals surface area (Å²) in [5.74, 6) is 0.285. The number of hydrogen-bond donors (Lipinski definition) is 3. The lowest BCUT2D eigenvalue weighted by Gasteiger charge is -2.36. The highest BCUT2D eigenvalue weighted by atomic mass is 79.9. The lowest BCUT2D eigenvalue weighted by molar-refractivity contribution is 0.0947. The Labute approximate surface area is 167 Å². The van der Waals surface area contributed by atoms with Crippen molar-refractivity contribution in [2.24, 2.45) is 16.4 Å². The Balaban J connectivity index is 1.73. The van der Waals surface area contributed by atoms with Gasteiger partial charge in [0, 0.05) is 21.3 Å². The molecule has 0 fully saturated rings. The van der Waals surface area contributed by atoms with E-state index >= 15 is 0 Å². The van der Waals surface area contributed by atoms with Gasteiger partial charge in [-0.1, -0.05) is 43.1 Å². The van der Waals surface area contributed by atoms with Gasteiger partial charge in [0.2, 0.25) is 0 Å². The van der Waals surface area contributed by atoms with Gasteiger partial charge in [-0.3, -0.25) is 9.89 Å². The van der Waals surface area contributed by atoms with E-state index in [1.54, 1.807) is 18.2 Å². The molecule has 0 unspecified atom stereocenters. The molecule has 1 aliphatic rings. The Hall–Kier alpha value is -2.15. The zero-order valence-electron chi connectivity index (χ0n) is 15.8. The molecule has 1 atom stereocenters. The highest BCUT2D eigenvalue weighted by molar-refractivity contribution is 9.10. The summed E-state index contributed by atoms with van der Waals surface area (Å²) in [5, 5.41) is 21.0. The van der Waals surface area contributed by atoms with Crippen LogP contribution in [-0.4, -0.2) is 27.4 Å². The van der Waals surface area contributed by atoms with Crippen molar-refractivity contribution in [3.8, 4) is 5.75 Å². The molecule has 0 bridgehead atoms. The zero-order valence-corrected chi connectivity index (χ0v) is 17.4. The van der Waals surface area contributed by atoms with Crippen molar-refractivity contribution in [2.45, 2.75) is 46.5 Å². The quantitative estimate of drug-likeness (QED) is 0.488.